The number of anilines is 1. The summed E-state index contributed by atoms with van der Waals surface area (Å²) in [5.41, 5.74) is 6.92. The van der Waals surface area contributed by atoms with Crippen LogP contribution in [-0.4, -0.2) is 17.0 Å². The first-order valence-corrected chi connectivity index (χ1v) is 5.78. The van der Waals surface area contributed by atoms with E-state index in [4.69, 9.17) is 5.73 Å². The molecule has 1 saturated heterocycles. The van der Waals surface area contributed by atoms with E-state index in [1.54, 1.807) is 12.1 Å². The van der Waals surface area contributed by atoms with Gasteiger partial charge in [0.25, 0.3) is 0 Å². The molecule has 0 unspecified atom stereocenters. The highest BCUT2D eigenvalue weighted by atomic mass is 19.1. The summed E-state index contributed by atoms with van der Waals surface area (Å²) in [5.74, 6) is -0.311. The van der Waals surface area contributed by atoms with Gasteiger partial charge in [-0.2, -0.15) is 0 Å². The molecule has 1 fully saturated rings. The van der Waals surface area contributed by atoms with Crippen LogP contribution in [0.3, 0.4) is 0 Å². The first-order valence-electron chi connectivity index (χ1n) is 5.78. The lowest BCUT2D eigenvalue weighted by molar-refractivity contribution is 0.166. The number of nitrogen functional groups attached to an aromatic ring is 1. The third-order valence-electron chi connectivity index (χ3n) is 3.51. The minimum absolute atomic E-state index is 0.226. The Kier molecular flexibility index (Phi) is 2.89. The fourth-order valence-corrected chi connectivity index (χ4v) is 2.35. The van der Waals surface area contributed by atoms with E-state index in [1.165, 1.54) is 12.8 Å². The Hall–Kier alpha value is -1.09. The molecule has 1 aliphatic rings. The molecule has 1 aromatic carbocycles. The quantitative estimate of drug-likeness (QED) is 0.780. The molecule has 0 saturated carbocycles. The highest BCUT2D eigenvalue weighted by molar-refractivity contribution is 5.41. The molecule has 0 amide bonds. The van der Waals surface area contributed by atoms with Gasteiger partial charge in [0.1, 0.15) is 5.82 Å². The van der Waals surface area contributed by atoms with Crippen molar-refractivity contribution in [2.24, 2.45) is 0 Å². The fourth-order valence-electron chi connectivity index (χ4n) is 2.35. The summed E-state index contributed by atoms with van der Waals surface area (Å²) >= 11 is 0. The van der Waals surface area contributed by atoms with Crippen molar-refractivity contribution in [1.82, 2.24) is 4.90 Å². The standard InChI is InChI=1S/C13H19FN2/c1-13(2)6-3-7-16(13)9-10-4-5-12(15)11(14)8-10/h4-5,8H,3,6-7,9,15H2,1-2H3. The lowest BCUT2D eigenvalue weighted by Gasteiger charge is -2.31. The summed E-state index contributed by atoms with van der Waals surface area (Å²) in [6.45, 7) is 6.39. The summed E-state index contributed by atoms with van der Waals surface area (Å²) in [7, 11) is 0. The van der Waals surface area contributed by atoms with Gasteiger partial charge in [0, 0.05) is 12.1 Å². The number of likely N-dealkylation sites (tertiary alicyclic amines) is 1. The Labute approximate surface area is 96.2 Å². The monoisotopic (exact) mass is 222 g/mol. The molecule has 1 aromatic rings. The van der Waals surface area contributed by atoms with Gasteiger partial charge in [-0.15, -0.1) is 0 Å². The lowest BCUT2D eigenvalue weighted by Crippen LogP contribution is -2.37. The van der Waals surface area contributed by atoms with Crippen molar-refractivity contribution in [1.29, 1.82) is 0 Å². The van der Waals surface area contributed by atoms with Gasteiger partial charge in [-0.25, -0.2) is 4.39 Å². The minimum atomic E-state index is -0.311. The third kappa shape index (κ3) is 2.19. The number of benzene rings is 1. The summed E-state index contributed by atoms with van der Waals surface area (Å²) in [6, 6.07) is 5.10. The van der Waals surface area contributed by atoms with E-state index in [0.717, 1.165) is 18.7 Å². The van der Waals surface area contributed by atoms with E-state index in [9.17, 15) is 4.39 Å². The summed E-state index contributed by atoms with van der Waals surface area (Å²) in [5, 5.41) is 0. The molecule has 0 aromatic heterocycles. The van der Waals surface area contributed by atoms with Gasteiger partial charge >= 0.3 is 0 Å². The molecule has 0 atom stereocenters. The van der Waals surface area contributed by atoms with Gasteiger partial charge in [-0.3, -0.25) is 4.90 Å². The number of rotatable bonds is 2. The Bertz CT molecular complexity index is 388. The second-order valence-corrected chi connectivity index (χ2v) is 5.19. The highest BCUT2D eigenvalue weighted by Gasteiger charge is 2.31. The van der Waals surface area contributed by atoms with Gasteiger partial charge in [0.15, 0.2) is 0 Å². The molecular weight excluding hydrogens is 203 g/mol. The van der Waals surface area contributed by atoms with Crippen molar-refractivity contribution >= 4 is 5.69 Å². The maximum atomic E-state index is 13.3. The van der Waals surface area contributed by atoms with E-state index in [0.29, 0.717) is 0 Å². The Balaban J connectivity index is 2.12. The van der Waals surface area contributed by atoms with E-state index in [-0.39, 0.29) is 17.0 Å². The van der Waals surface area contributed by atoms with Crippen molar-refractivity contribution in [3.63, 3.8) is 0 Å². The van der Waals surface area contributed by atoms with Crippen LogP contribution in [-0.2, 0) is 6.54 Å². The molecule has 1 aliphatic heterocycles. The number of nitrogens with two attached hydrogens (primary N) is 1. The van der Waals surface area contributed by atoms with Crippen LogP contribution in [0.15, 0.2) is 18.2 Å². The zero-order valence-corrected chi connectivity index (χ0v) is 9.96. The second kappa shape index (κ2) is 4.06. The number of hydrogen-bond donors (Lipinski definition) is 1. The second-order valence-electron chi connectivity index (χ2n) is 5.19. The molecule has 0 radical (unpaired) electrons. The van der Waals surface area contributed by atoms with Crippen LogP contribution in [0.5, 0.6) is 0 Å². The zero-order chi connectivity index (χ0) is 11.8. The molecule has 0 aliphatic carbocycles. The molecule has 2 rings (SSSR count). The first-order chi connectivity index (χ1) is 7.49. The maximum absolute atomic E-state index is 13.3. The molecule has 0 spiro atoms. The van der Waals surface area contributed by atoms with Gasteiger partial charge in [0.2, 0.25) is 0 Å². The first kappa shape index (κ1) is 11.4. The number of hydrogen-bond acceptors (Lipinski definition) is 2. The fraction of sp³-hybridized carbons (Fsp3) is 0.538. The normalized spacial score (nSPS) is 20.2. The molecule has 88 valence electrons. The summed E-state index contributed by atoms with van der Waals surface area (Å²) in [4.78, 5) is 2.40. The van der Waals surface area contributed by atoms with E-state index in [2.05, 4.69) is 18.7 Å². The van der Waals surface area contributed by atoms with E-state index >= 15 is 0 Å². The van der Waals surface area contributed by atoms with Crippen molar-refractivity contribution in [2.75, 3.05) is 12.3 Å². The topological polar surface area (TPSA) is 29.3 Å². The van der Waals surface area contributed by atoms with Gasteiger partial charge < -0.3 is 5.73 Å². The molecule has 2 nitrogen and oxygen atoms in total. The van der Waals surface area contributed by atoms with E-state index < -0.39 is 0 Å². The third-order valence-corrected chi connectivity index (χ3v) is 3.51. The lowest BCUT2D eigenvalue weighted by atomic mass is 10.0. The number of nitrogens with zero attached hydrogens (tertiary/aromatic N) is 1. The highest BCUT2D eigenvalue weighted by Crippen LogP contribution is 2.30. The van der Waals surface area contributed by atoms with Gasteiger partial charge in [0.05, 0.1) is 5.69 Å². The van der Waals surface area contributed by atoms with Crippen molar-refractivity contribution < 1.29 is 4.39 Å². The smallest absolute Gasteiger partial charge is 0.146 e. The Morgan fingerprint density at radius 1 is 1.44 bits per heavy atom. The molecule has 3 heteroatoms. The van der Waals surface area contributed by atoms with Crippen molar-refractivity contribution in [3.8, 4) is 0 Å². The van der Waals surface area contributed by atoms with Crippen LogP contribution in [0, 0.1) is 5.82 Å². The summed E-state index contributed by atoms with van der Waals surface area (Å²) < 4.78 is 13.3. The molecular formula is C13H19FN2. The average molecular weight is 222 g/mol. The van der Waals surface area contributed by atoms with Crippen LogP contribution in [0.1, 0.15) is 32.3 Å². The van der Waals surface area contributed by atoms with Crippen LogP contribution >= 0.6 is 0 Å². The van der Waals surface area contributed by atoms with Crippen LogP contribution < -0.4 is 5.73 Å². The SMILES string of the molecule is CC1(C)CCCN1Cc1ccc(N)c(F)c1. The van der Waals surface area contributed by atoms with Crippen LogP contribution in [0.2, 0.25) is 0 Å². The van der Waals surface area contributed by atoms with Crippen molar-refractivity contribution in [3.05, 3.63) is 29.6 Å². The molecule has 16 heavy (non-hydrogen) atoms. The molecule has 1 heterocycles. The van der Waals surface area contributed by atoms with Crippen LogP contribution in [0.25, 0.3) is 0 Å². The predicted octanol–water partition coefficient (Wildman–Crippen LogP) is 2.78. The van der Waals surface area contributed by atoms with E-state index in [1.807, 2.05) is 6.07 Å². The molecule has 0 bridgehead atoms. The number of halogens is 1. The average Bonchev–Trinajstić information content (AvgIpc) is 2.52. The Morgan fingerprint density at radius 2 is 2.19 bits per heavy atom. The minimum Gasteiger partial charge on any atom is -0.396 e. The van der Waals surface area contributed by atoms with Crippen LogP contribution in [0.4, 0.5) is 10.1 Å². The summed E-state index contributed by atoms with van der Waals surface area (Å²) in [6.07, 6.45) is 2.44. The zero-order valence-electron chi connectivity index (χ0n) is 9.96. The van der Waals surface area contributed by atoms with Crippen molar-refractivity contribution in [2.45, 2.75) is 38.8 Å². The predicted molar refractivity (Wildman–Crippen MR) is 64.5 cm³/mol. The van der Waals surface area contributed by atoms with Gasteiger partial charge in [-0.05, 0) is 50.9 Å². The maximum Gasteiger partial charge on any atom is 0.146 e. The largest absolute Gasteiger partial charge is 0.396 e. The van der Waals surface area contributed by atoms with Gasteiger partial charge in [-0.1, -0.05) is 6.07 Å². The molecule has 2 N–H and O–H groups in total. The Morgan fingerprint density at radius 3 is 2.75 bits per heavy atom.